The van der Waals surface area contributed by atoms with E-state index in [4.69, 9.17) is 14.2 Å². The van der Waals surface area contributed by atoms with Crippen LogP contribution >= 0.6 is 0 Å². The molecule has 11 nitrogen and oxygen atoms in total. The Hall–Kier alpha value is -3.05. The predicted octanol–water partition coefficient (Wildman–Crippen LogP) is 0.989. The standard InChI is InChI=1S/C25H38N4O7/c1-25(2,3)36-22(32)8-13-35-14-10-27-20(30)7-12-34-15-11-28-24(33)19-16-21(31)29(4)23(19)18-6-5-9-26-17-18/h5-6,9,17,19,23H,7-8,10-16H2,1-4H3,(H,27,30)(H,28,33)/t19-,23+/m0/s1. The minimum atomic E-state index is -0.518. The van der Waals surface area contributed by atoms with Crippen molar-refractivity contribution in [3.8, 4) is 0 Å². The number of likely N-dealkylation sites (tertiary alicyclic amines) is 1. The number of nitrogens with zero attached hydrogens (tertiary/aromatic N) is 2. The van der Waals surface area contributed by atoms with E-state index in [0.717, 1.165) is 5.56 Å². The van der Waals surface area contributed by atoms with Crippen molar-refractivity contribution < 1.29 is 33.4 Å². The highest BCUT2D eigenvalue weighted by atomic mass is 16.6. The molecule has 200 valence electrons. The molecule has 36 heavy (non-hydrogen) atoms. The summed E-state index contributed by atoms with van der Waals surface area (Å²) in [6, 6.07) is 3.29. The molecule has 0 bridgehead atoms. The van der Waals surface area contributed by atoms with Gasteiger partial charge in [0.1, 0.15) is 5.60 Å². The van der Waals surface area contributed by atoms with Crippen LogP contribution in [-0.4, -0.2) is 85.7 Å². The fraction of sp³-hybridized carbons (Fsp3) is 0.640. The SMILES string of the molecule is CN1C(=O)C[C@H](C(=O)NCCOCCC(=O)NCCOCCC(=O)OC(C)(C)C)[C@H]1c1cccnc1. The van der Waals surface area contributed by atoms with E-state index >= 15 is 0 Å². The molecule has 1 aliphatic rings. The lowest BCUT2D eigenvalue weighted by Crippen LogP contribution is -2.36. The number of ether oxygens (including phenoxy) is 3. The van der Waals surface area contributed by atoms with Crippen molar-refractivity contribution in [1.82, 2.24) is 20.5 Å². The van der Waals surface area contributed by atoms with Gasteiger partial charge in [0.25, 0.3) is 0 Å². The second kappa shape index (κ2) is 14.5. The Morgan fingerprint density at radius 2 is 1.72 bits per heavy atom. The topological polar surface area (TPSA) is 136 Å². The van der Waals surface area contributed by atoms with Crippen molar-refractivity contribution in [2.75, 3.05) is 46.6 Å². The number of carbonyl (C=O) groups is 4. The van der Waals surface area contributed by atoms with Crippen LogP contribution in [0, 0.1) is 5.92 Å². The molecule has 3 amide bonds. The molecule has 2 N–H and O–H groups in total. The number of pyridine rings is 1. The normalized spacial score (nSPS) is 17.7. The van der Waals surface area contributed by atoms with Crippen LogP contribution in [0.1, 0.15) is 51.6 Å². The first-order valence-electron chi connectivity index (χ1n) is 12.2. The number of hydrogen-bond acceptors (Lipinski definition) is 8. The molecule has 1 fully saturated rings. The summed E-state index contributed by atoms with van der Waals surface area (Å²) in [5, 5.41) is 5.53. The van der Waals surface area contributed by atoms with E-state index in [1.54, 1.807) is 51.2 Å². The Balaban J connectivity index is 1.53. The summed E-state index contributed by atoms with van der Waals surface area (Å²) in [5.74, 6) is -1.29. The lowest BCUT2D eigenvalue weighted by Gasteiger charge is -2.24. The molecular weight excluding hydrogens is 468 g/mol. The van der Waals surface area contributed by atoms with Crippen LogP contribution in [0.3, 0.4) is 0 Å². The molecule has 0 radical (unpaired) electrons. The van der Waals surface area contributed by atoms with Crippen LogP contribution < -0.4 is 10.6 Å². The van der Waals surface area contributed by atoms with Crippen molar-refractivity contribution in [3.63, 3.8) is 0 Å². The number of aromatic nitrogens is 1. The summed E-state index contributed by atoms with van der Waals surface area (Å²) < 4.78 is 15.9. The van der Waals surface area contributed by atoms with Gasteiger partial charge in [-0.05, 0) is 32.4 Å². The molecule has 0 aliphatic carbocycles. The summed E-state index contributed by atoms with van der Waals surface area (Å²) in [6.45, 7) is 7.01. The number of rotatable bonds is 14. The van der Waals surface area contributed by atoms with Gasteiger partial charge in [0.2, 0.25) is 17.7 Å². The van der Waals surface area contributed by atoms with Gasteiger partial charge in [-0.2, -0.15) is 0 Å². The van der Waals surface area contributed by atoms with Crippen molar-refractivity contribution in [3.05, 3.63) is 30.1 Å². The minimum absolute atomic E-state index is 0.0836. The molecule has 1 aliphatic heterocycles. The third-order valence-corrected chi connectivity index (χ3v) is 5.41. The van der Waals surface area contributed by atoms with E-state index in [0.29, 0.717) is 13.2 Å². The zero-order chi connectivity index (χ0) is 26.6. The van der Waals surface area contributed by atoms with Crippen LogP contribution in [0.25, 0.3) is 0 Å². The van der Waals surface area contributed by atoms with Gasteiger partial charge in [0.05, 0.1) is 44.8 Å². The molecule has 1 saturated heterocycles. The van der Waals surface area contributed by atoms with Crippen LogP contribution in [-0.2, 0) is 33.4 Å². The average molecular weight is 507 g/mol. The van der Waals surface area contributed by atoms with Gasteiger partial charge in [-0.25, -0.2) is 0 Å². The van der Waals surface area contributed by atoms with Crippen LogP contribution in [0.5, 0.6) is 0 Å². The molecule has 0 unspecified atom stereocenters. The first kappa shape index (κ1) is 29.2. The van der Waals surface area contributed by atoms with Crippen molar-refractivity contribution in [2.24, 2.45) is 5.92 Å². The molecular formula is C25H38N4O7. The average Bonchev–Trinajstić information content (AvgIpc) is 3.12. The molecule has 2 atom stereocenters. The molecule has 0 aromatic carbocycles. The third-order valence-electron chi connectivity index (χ3n) is 5.41. The fourth-order valence-electron chi connectivity index (χ4n) is 3.76. The molecule has 0 saturated carbocycles. The molecule has 11 heteroatoms. The van der Waals surface area contributed by atoms with Gasteiger partial charge in [-0.3, -0.25) is 24.2 Å². The first-order chi connectivity index (χ1) is 17.1. The lowest BCUT2D eigenvalue weighted by atomic mass is 9.94. The highest BCUT2D eigenvalue weighted by Crippen LogP contribution is 2.36. The Morgan fingerprint density at radius 1 is 1.06 bits per heavy atom. The Bertz CT molecular complexity index is 873. The maximum Gasteiger partial charge on any atom is 0.308 e. The Morgan fingerprint density at radius 3 is 2.36 bits per heavy atom. The van der Waals surface area contributed by atoms with Gasteiger partial charge in [0, 0.05) is 45.4 Å². The molecule has 1 aromatic heterocycles. The summed E-state index contributed by atoms with van der Waals surface area (Å²) in [4.78, 5) is 54.0. The lowest BCUT2D eigenvalue weighted by molar-refractivity contribution is -0.156. The van der Waals surface area contributed by atoms with E-state index in [2.05, 4.69) is 15.6 Å². The highest BCUT2D eigenvalue weighted by molar-refractivity contribution is 5.90. The summed E-state index contributed by atoms with van der Waals surface area (Å²) in [7, 11) is 1.69. The predicted molar refractivity (Wildman–Crippen MR) is 131 cm³/mol. The van der Waals surface area contributed by atoms with E-state index in [1.165, 1.54) is 0 Å². The van der Waals surface area contributed by atoms with Crippen molar-refractivity contribution in [1.29, 1.82) is 0 Å². The molecule has 2 heterocycles. The smallest absolute Gasteiger partial charge is 0.308 e. The monoisotopic (exact) mass is 506 g/mol. The zero-order valence-electron chi connectivity index (χ0n) is 21.6. The van der Waals surface area contributed by atoms with Gasteiger partial charge in [-0.1, -0.05) is 6.07 Å². The van der Waals surface area contributed by atoms with Gasteiger partial charge in [-0.15, -0.1) is 0 Å². The van der Waals surface area contributed by atoms with Gasteiger partial charge >= 0.3 is 5.97 Å². The van der Waals surface area contributed by atoms with E-state index in [-0.39, 0.29) is 75.4 Å². The molecule has 0 spiro atoms. The van der Waals surface area contributed by atoms with E-state index in [9.17, 15) is 19.2 Å². The van der Waals surface area contributed by atoms with Gasteiger partial charge < -0.3 is 29.7 Å². The van der Waals surface area contributed by atoms with E-state index in [1.807, 2.05) is 6.07 Å². The summed E-state index contributed by atoms with van der Waals surface area (Å²) in [5.41, 5.74) is 0.303. The molecule has 2 rings (SSSR count). The number of hydrogen-bond donors (Lipinski definition) is 2. The quantitative estimate of drug-likeness (QED) is 0.282. The van der Waals surface area contributed by atoms with Crippen molar-refractivity contribution in [2.45, 2.75) is 51.7 Å². The Labute approximate surface area is 212 Å². The highest BCUT2D eigenvalue weighted by Gasteiger charge is 2.42. The minimum Gasteiger partial charge on any atom is -0.460 e. The number of esters is 1. The largest absolute Gasteiger partial charge is 0.460 e. The van der Waals surface area contributed by atoms with Crippen LogP contribution in [0.15, 0.2) is 24.5 Å². The first-order valence-corrected chi connectivity index (χ1v) is 12.2. The molecule has 1 aromatic rings. The van der Waals surface area contributed by atoms with Crippen LogP contribution in [0.2, 0.25) is 0 Å². The van der Waals surface area contributed by atoms with Crippen LogP contribution in [0.4, 0.5) is 0 Å². The fourth-order valence-corrected chi connectivity index (χ4v) is 3.76. The Kier molecular flexibility index (Phi) is 11.7. The number of amides is 3. The van der Waals surface area contributed by atoms with Crippen molar-refractivity contribution >= 4 is 23.7 Å². The number of nitrogens with one attached hydrogen (secondary N) is 2. The van der Waals surface area contributed by atoms with Gasteiger partial charge in [0.15, 0.2) is 0 Å². The second-order valence-electron chi connectivity index (χ2n) is 9.50. The summed E-state index contributed by atoms with van der Waals surface area (Å²) >= 11 is 0. The van der Waals surface area contributed by atoms with E-state index < -0.39 is 11.5 Å². The summed E-state index contributed by atoms with van der Waals surface area (Å²) in [6.07, 6.45) is 3.80. The second-order valence-corrected chi connectivity index (χ2v) is 9.50. The third kappa shape index (κ3) is 10.3. The zero-order valence-corrected chi connectivity index (χ0v) is 21.6. The number of carbonyl (C=O) groups excluding carboxylic acids is 4. The maximum absolute atomic E-state index is 12.7. The maximum atomic E-state index is 12.7.